The van der Waals surface area contributed by atoms with Crippen LogP contribution in [0.3, 0.4) is 0 Å². The first-order valence-electron chi connectivity index (χ1n) is 7.20. The first-order chi connectivity index (χ1) is 8.86. The highest BCUT2D eigenvalue weighted by Crippen LogP contribution is 2.48. The lowest BCUT2D eigenvalue weighted by Gasteiger charge is -2.16. The maximum absolute atomic E-state index is 5.25. The van der Waals surface area contributed by atoms with Gasteiger partial charge in [0.15, 0.2) is 0 Å². The molecule has 2 nitrogen and oxygen atoms in total. The van der Waals surface area contributed by atoms with E-state index in [1.807, 2.05) is 6.07 Å². The average molecular weight is 245 g/mol. The molecule has 0 radical (unpaired) electrons. The Morgan fingerprint density at radius 1 is 1.22 bits per heavy atom. The molecule has 1 N–H and O–H groups in total. The maximum Gasteiger partial charge on any atom is 0.119 e. The number of nitrogens with one attached hydrogen (secondary N) is 1. The molecule has 2 fully saturated rings. The summed E-state index contributed by atoms with van der Waals surface area (Å²) in [6, 6.07) is 8.35. The smallest absolute Gasteiger partial charge is 0.119 e. The SMILES string of the molecule is COc1cccc(CNCC(C2CC2)C2CC2)c1. The third kappa shape index (κ3) is 3.05. The molecule has 2 heteroatoms. The molecule has 0 atom stereocenters. The van der Waals surface area contributed by atoms with E-state index in [4.69, 9.17) is 4.74 Å². The molecule has 0 heterocycles. The van der Waals surface area contributed by atoms with Gasteiger partial charge in [-0.05, 0) is 67.7 Å². The van der Waals surface area contributed by atoms with Crippen LogP contribution in [0.5, 0.6) is 5.75 Å². The second-order valence-corrected chi connectivity index (χ2v) is 5.82. The summed E-state index contributed by atoms with van der Waals surface area (Å²) in [5.74, 6) is 3.98. The van der Waals surface area contributed by atoms with Gasteiger partial charge in [0.2, 0.25) is 0 Å². The first-order valence-corrected chi connectivity index (χ1v) is 7.20. The van der Waals surface area contributed by atoms with Crippen molar-refractivity contribution in [2.75, 3.05) is 13.7 Å². The fraction of sp³-hybridized carbons (Fsp3) is 0.625. The molecule has 18 heavy (non-hydrogen) atoms. The van der Waals surface area contributed by atoms with Gasteiger partial charge in [-0.2, -0.15) is 0 Å². The van der Waals surface area contributed by atoms with E-state index < -0.39 is 0 Å². The Kier molecular flexibility index (Phi) is 3.55. The van der Waals surface area contributed by atoms with Crippen molar-refractivity contribution in [1.82, 2.24) is 5.32 Å². The number of methoxy groups -OCH3 is 1. The van der Waals surface area contributed by atoms with Crippen LogP contribution in [0, 0.1) is 17.8 Å². The number of hydrogen-bond donors (Lipinski definition) is 1. The van der Waals surface area contributed by atoms with Crippen molar-refractivity contribution in [3.8, 4) is 5.75 Å². The van der Waals surface area contributed by atoms with E-state index >= 15 is 0 Å². The Morgan fingerprint density at radius 2 is 1.94 bits per heavy atom. The molecular weight excluding hydrogens is 222 g/mol. The monoisotopic (exact) mass is 245 g/mol. The van der Waals surface area contributed by atoms with Gasteiger partial charge in [-0.15, -0.1) is 0 Å². The fourth-order valence-corrected chi connectivity index (χ4v) is 2.93. The lowest BCUT2D eigenvalue weighted by Crippen LogP contribution is -2.25. The molecule has 0 aromatic heterocycles. The Labute approximate surface area is 110 Å². The van der Waals surface area contributed by atoms with Gasteiger partial charge in [-0.25, -0.2) is 0 Å². The van der Waals surface area contributed by atoms with Crippen molar-refractivity contribution in [3.05, 3.63) is 29.8 Å². The topological polar surface area (TPSA) is 21.3 Å². The molecule has 2 aliphatic rings. The van der Waals surface area contributed by atoms with Crippen molar-refractivity contribution in [2.24, 2.45) is 17.8 Å². The molecule has 98 valence electrons. The summed E-state index contributed by atoms with van der Waals surface area (Å²) in [5, 5.41) is 3.64. The molecule has 1 aromatic rings. The molecule has 0 aliphatic heterocycles. The summed E-state index contributed by atoms with van der Waals surface area (Å²) in [4.78, 5) is 0. The molecule has 1 aromatic carbocycles. The highest BCUT2D eigenvalue weighted by atomic mass is 16.5. The lowest BCUT2D eigenvalue weighted by molar-refractivity contribution is 0.378. The first kappa shape index (κ1) is 12.0. The van der Waals surface area contributed by atoms with E-state index in [0.29, 0.717) is 0 Å². The summed E-state index contributed by atoms with van der Waals surface area (Å²) < 4.78 is 5.25. The Morgan fingerprint density at radius 3 is 2.56 bits per heavy atom. The third-order valence-electron chi connectivity index (χ3n) is 4.30. The standard InChI is InChI=1S/C16H23NO/c1-18-15-4-2-3-12(9-15)10-17-11-16(13-5-6-13)14-7-8-14/h2-4,9,13-14,16-17H,5-8,10-11H2,1H3. The summed E-state index contributed by atoms with van der Waals surface area (Å²) in [7, 11) is 1.72. The van der Waals surface area contributed by atoms with E-state index in [1.54, 1.807) is 7.11 Å². The van der Waals surface area contributed by atoms with E-state index in [9.17, 15) is 0 Å². The lowest BCUT2D eigenvalue weighted by atomic mass is 9.98. The summed E-state index contributed by atoms with van der Waals surface area (Å²) in [5.41, 5.74) is 1.32. The van der Waals surface area contributed by atoms with E-state index in [1.165, 1.54) is 37.8 Å². The fourth-order valence-electron chi connectivity index (χ4n) is 2.93. The van der Waals surface area contributed by atoms with Crippen LogP contribution in [-0.4, -0.2) is 13.7 Å². The van der Waals surface area contributed by atoms with Gasteiger partial charge in [0.05, 0.1) is 7.11 Å². The molecule has 0 amide bonds. The van der Waals surface area contributed by atoms with Crippen LogP contribution in [0.15, 0.2) is 24.3 Å². The Balaban J connectivity index is 1.48. The minimum absolute atomic E-state index is 0.954. The average Bonchev–Trinajstić information content (AvgIpc) is 3.28. The summed E-state index contributed by atoms with van der Waals surface area (Å²) >= 11 is 0. The van der Waals surface area contributed by atoms with E-state index in [0.717, 1.165) is 30.0 Å². The molecule has 0 unspecified atom stereocenters. The highest BCUT2D eigenvalue weighted by molar-refractivity contribution is 5.28. The quantitative estimate of drug-likeness (QED) is 0.796. The summed E-state index contributed by atoms with van der Waals surface area (Å²) in [6.45, 7) is 2.17. The zero-order valence-electron chi connectivity index (χ0n) is 11.2. The van der Waals surface area contributed by atoms with Crippen LogP contribution >= 0.6 is 0 Å². The van der Waals surface area contributed by atoms with Gasteiger partial charge in [-0.3, -0.25) is 0 Å². The second kappa shape index (κ2) is 5.31. The zero-order valence-corrected chi connectivity index (χ0v) is 11.2. The largest absolute Gasteiger partial charge is 0.497 e. The van der Waals surface area contributed by atoms with Gasteiger partial charge in [0, 0.05) is 6.54 Å². The number of rotatable bonds is 7. The predicted octanol–water partition coefficient (Wildman–Crippen LogP) is 3.22. The highest BCUT2D eigenvalue weighted by Gasteiger charge is 2.40. The number of ether oxygens (including phenoxy) is 1. The minimum atomic E-state index is 0.954. The number of benzene rings is 1. The second-order valence-electron chi connectivity index (χ2n) is 5.82. The van der Waals surface area contributed by atoms with Crippen LogP contribution in [0.2, 0.25) is 0 Å². The van der Waals surface area contributed by atoms with Gasteiger partial charge < -0.3 is 10.1 Å². The molecule has 2 saturated carbocycles. The van der Waals surface area contributed by atoms with E-state index in [-0.39, 0.29) is 0 Å². The molecule has 0 bridgehead atoms. The van der Waals surface area contributed by atoms with Gasteiger partial charge in [-0.1, -0.05) is 12.1 Å². The van der Waals surface area contributed by atoms with Crippen molar-refractivity contribution in [2.45, 2.75) is 32.2 Å². The van der Waals surface area contributed by atoms with Gasteiger partial charge in [0.25, 0.3) is 0 Å². The normalized spacial score (nSPS) is 19.2. The molecule has 2 aliphatic carbocycles. The molecular formula is C16H23NO. The van der Waals surface area contributed by atoms with Crippen molar-refractivity contribution in [1.29, 1.82) is 0 Å². The number of hydrogen-bond acceptors (Lipinski definition) is 2. The third-order valence-corrected chi connectivity index (χ3v) is 4.30. The Hall–Kier alpha value is -1.02. The minimum Gasteiger partial charge on any atom is -0.497 e. The molecule has 3 rings (SSSR count). The van der Waals surface area contributed by atoms with Crippen LogP contribution in [0.4, 0.5) is 0 Å². The molecule has 0 saturated heterocycles. The van der Waals surface area contributed by atoms with Crippen LogP contribution in [0.1, 0.15) is 31.2 Å². The van der Waals surface area contributed by atoms with Gasteiger partial charge >= 0.3 is 0 Å². The van der Waals surface area contributed by atoms with E-state index in [2.05, 4.69) is 23.5 Å². The van der Waals surface area contributed by atoms with Crippen LogP contribution in [-0.2, 0) is 6.54 Å². The Bertz CT molecular complexity index is 384. The maximum atomic E-state index is 5.25. The van der Waals surface area contributed by atoms with Gasteiger partial charge in [0.1, 0.15) is 5.75 Å². The van der Waals surface area contributed by atoms with Crippen LogP contribution < -0.4 is 10.1 Å². The van der Waals surface area contributed by atoms with Crippen molar-refractivity contribution in [3.63, 3.8) is 0 Å². The summed E-state index contributed by atoms with van der Waals surface area (Å²) in [6.07, 6.45) is 5.90. The van der Waals surface area contributed by atoms with Crippen molar-refractivity contribution >= 4 is 0 Å². The zero-order chi connectivity index (χ0) is 12.4. The van der Waals surface area contributed by atoms with Crippen molar-refractivity contribution < 1.29 is 4.74 Å². The predicted molar refractivity (Wildman–Crippen MR) is 73.6 cm³/mol. The van der Waals surface area contributed by atoms with Crippen LogP contribution in [0.25, 0.3) is 0 Å². The molecule has 0 spiro atoms.